The summed E-state index contributed by atoms with van der Waals surface area (Å²) < 4.78 is 14.1. The molecule has 0 bridgehead atoms. The molecule has 0 aliphatic heterocycles. The molecule has 1 heterocycles. The van der Waals surface area contributed by atoms with E-state index in [-0.39, 0.29) is 5.82 Å². The maximum atomic E-state index is 14.1. The van der Waals surface area contributed by atoms with Crippen molar-refractivity contribution in [2.75, 3.05) is 10.6 Å². The Morgan fingerprint density at radius 1 is 0.800 bits per heavy atom. The zero-order valence-electron chi connectivity index (χ0n) is 14.8. The molecule has 128 valence electrons. The third kappa shape index (κ3) is 3.94. The first-order valence-electron chi connectivity index (χ1n) is 8.13. The van der Waals surface area contributed by atoms with E-state index >= 15 is 0 Å². The predicted octanol–water partition coefficient (Wildman–Crippen LogP) is 5.34. The third-order valence-electron chi connectivity index (χ3n) is 4.01. The third-order valence-corrected chi connectivity index (χ3v) is 4.01. The highest BCUT2D eigenvalue weighted by molar-refractivity contribution is 5.64. The molecule has 2 aromatic carbocycles. The Morgan fingerprint density at radius 2 is 1.36 bits per heavy atom. The first-order valence-corrected chi connectivity index (χ1v) is 8.13. The van der Waals surface area contributed by atoms with Crippen molar-refractivity contribution < 1.29 is 4.39 Å². The number of aryl methyl sites for hydroxylation is 4. The highest BCUT2D eigenvalue weighted by Crippen LogP contribution is 2.24. The summed E-state index contributed by atoms with van der Waals surface area (Å²) in [6, 6.07) is 12.0. The van der Waals surface area contributed by atoms with Gasteiger partial charge in [0.05, 0.1) is 6.20 Å². The Morgan fingerprint density at radius 3 is 1.92 bits per heavy atom. The maximum Gasteiger partial charge on any atom is 0.229 e. The average Bonchev–Trinajstić information content (AvgIpc) is 2.55. The summed E-state index contributed by atoms with van der Waals surface area (Å²) in [6.07, 6.45) is 1.17. The van der Waals surface area contributed by atoms with Gasteiger partial charge >= 0.3 is 0 Å². The van der Waals surface area contributed by atoms with Gasteiger partial charge in [0.1, 0.15) is 0 Å². The SMILES string of the molecule is Cc1ccc(Nc2ncc(F)c(Nc3ccc(C)cc3C)n2)c(C)c1. The second-order valence-electron chi connectivity index (χ2n) is 6.28. The van der Waals surface area contributed by atoms with Crippen molar-refractivity contribution >= 4 is 23.1 Å². The van der Waals surface area contributed by atoms with Gasteiger partial charge in [0, 0.05) is 11.4 Å². The van der Waals surface area contributed by atoms with Crippen molar-refractivity contribution in [2.45, 2.75) is 27.7 Å². The van der Waals surface area contributed by atoms with Gasteiger partial charge in [0.25, 0.3) is 0 Å². The number of hydrogen-bond donors (Lipinski definition) is 2. The molecule has 0 aliphatic carbocycles. The number of rotatable bonds is 4. The highest BCUT2D eigenvalue weighted by Gasteiger charge is 2.10. The highest BCUT2D eigenvalue weighted by atomic mass is 19.1. The van der Waals surface area contributed by atoms with Crippen LogP contribution in [-0.4, -0.2) is 9.97 Å². The first-order chi connectivity index (χ1) is 11.9. The summed E-state index contributed by atoms with van der Waals surface area (Å²) in [5.41, 5.74) is 6.16. The van der Waals surface area contributed by atoms with Gasteiger partial charge in [-0.3, -0.25) is 0 Å². The van der Waals surface area contributed by atoms with Gasteiger partial charge in [-0.1, -0.05) is 35.4 Å². The second kappa shape index (κ2) is 6.89. The molecule has 0 spiro atoms. The lowest BCUT2D eigenvalue weighted by Gasteiger charge is -2.13. The van der Waals surface area contributed by atoms with Gasteiger partial charge < -0.3 is 10.6 Å². The normalized spacial score (nSPS) is 10.6. The van der Waals surface area contributed by atoms with Crippen LogP contribution in [0.15, 0.2) is 42.6 Å². The zero-order valence-corrected chi connectivity index (χ0v) is 14.8. The summed E-state index contributed by atoms with van der Waals surface area (Å²) in [5.74, 6) is 0.000915. The van der Waals surface area contributed by atoms with Gasteiger partial charge in [0.15, 0.2) is 11.6 Å². The topological polar surface area (TPSA) is 49.8 Å². The van der Waals surface area contributed by atoms with Crippen molar-refractivity contribution in [3.05, 3.63) is 70.7 Å². The molecule has 0 aliphatic rings. The summed E-state index contributed by atoms with van der Waals surface area (Å²) in [4.78, 5) is 8.32. The Bertz CT molecular complexity index is 922. The molecule has 3 aromatic rings. The lowest BCUT2D eigenvalue weighted by molar-refractivity contribution is 0.619. The molecular weight excluding hydrogens is 315 g/mol. The van der Waals surface area contributed by atoms with E-state index in [4.69, 9.17) is 0 Å². The van der Waals surface area contributed by atoms with Crippen LogP contribution in [-0.2, 0) is 0 Å². The second-order valence-corrected chi connectivity index (χ2v) is 6.28. The molecule has 25 heavy (non-hydrogen) atoms. The molecule has 2 N–H and O–H groups in total. The van der Waals surface area contributed by atoms with Gasteiger partial charge in [-0.05, 0) is 51.0 Å². The lowest BCUT2D eigenvalue weighted by atomic mass is 10.1. The van der Waals surface area contributed by atoms with E-state index in [0.29, 0.717) is 5.95 Å². The van der Waals surface area contributed by atoms with Crippen LogP contribution in [0.25, 0.3) is 0 Å². The minimum absolute atomic E-state index is 0.147. The van der Waals surface area contributed by atoms with Crippen LogP contribution >= 0.6 is 0 Å². The number of halogens is 1. The minimum atomic E-state index is -0.494. The van der Waals surface area contributed by atoms with E-state index in [1.165, 1.54) is 11.8 Å². The zero-order chi connectivity index (χ0) is 18.0. The largest absolute Gasteiger partial charge is 0.337 e. The van der Waals surface area contributed by atoms with Gasteiger partial charge in [-0.15, -0.1) is 0 Å². The van der Waals surface area contributed by atoms with E-state index in [9.17, 15) is 4.39 Å². The summed E-state index contributed by atoms with van der Waals surface area (Å²) in [6.45, 7) is 8.04. The van der Waals surface area contributed by atoms with Crippen LogP contribution in [0.2, 0.25) is 0 Å². The Kier molecular flexibility index (Phi) is 4.65. The van der Waals surface area contributed by atoms with Crippen molar-refractivity contribution in [3.63, 3.8) is 0 Å². The fraction of sp³-hybridized carbons (Fsp3) is 0.200. The Hall–Kier alpha value is -2.95. The molecule has 5 heteroatoms. The molecule has 0 saturated carbocycles. The molecule has 0 saturated heterocycles. The molecule has 1 aromatic heterocycles. The molecule has 0 atom stereocenters. The number of hydrogen-bond acceptors (Lipinski definition) is 4. The van der Waals surface area contributed by atoms with Gasteiger partial charge in [-0.2, -0.15) is 4.98 Å². The molecule has 0 amide bonds. The summed E-state index contributed by atoms with van der Waals surface area (Å²) in [7, 11) is 0. The van der Waals surface area contributed by atoms with E-state index in [1.54, 1.807) is 0 Å². The Balaban J connectivity index is 1.87. The van der Waals surface area contributed by atoms with E-state index < -0.39 is 5.82 Å². The molecule has 0 unspecified atom stereocenters. The average molecular weight is 336 g/mol. The fourth-order valence-electron chi connectivity index (χ4n) is 2.67. The van der Waals surface area contributed by atoms with Crippen LogP contribution in [0.4, 0.5) is 27.5 Å². The van der Waals surface area contributed by atoms with Crippen molar-refractivity contribution in [1.82, 2.24) is 9.97 Å². The summed E-state index contributed by atoms with van der Waals surface area (Å²) >= 11 is 0. The molecule has 0 fully saturated rings. The Labute approximate surface area is 147 Å². The monoisotopic (exact) mass is 336 g/mol. The maximum absolute atomic E-state index is 14.1. The van der Waals surface area contributed by atoms with E-state index in [0.717, 1.165) is 28.1 Å². The predicted molar refractivity (Wildman–Crippen MR) is 100 cm³/mol. The summed E-state index contributed by atoms with van der Waals surface area (Å²) in [5, 5.41) is 6.20. The number of nitrogens with zero attached hydrogens (tertiary/aromatic N) is 2. The fourth-order valence-corrected chi connectivity index (χ4v) is 2.67. The molecule has 4 nitrogen and oxygen atoms in total. The van der Waals surface area contributed by atoms with Gasteiger partial charge in [-0.25, -0.2) is 9.37 Å². The van der Waals surface area contributed by atoms with E-state index in [2.05, 4.69) is 26.7 Å². The quantitative estimate of drug-likeness (QED) is 0.675. The first kappa shape index (κ1) is 16.9. The lowest BCUT2D eigenvalue weighted by Crippen LogP contribution is -2.04. The van der Waals surface area contributed by atoms with Crippen LogP contribution in [0, 0.1) is 33.5 Å². The standard InChI is InChI=1S/C20H21FN4/c1-12-5-7-17(14(3)9-12)23-19-16(21)11-22-20(25-19)24-18-8-6-13(2)10-15(18)4/h5-11H,1-4H3,(H2,22,23,24,25). The van der Waals surface area contributed by atoms with Crippen LogP contribution in [0.1, 0.15) is 22.3 Å². The number of anilines is 4. The van der Waals surface area contributed by atoms with Crippen LogP contribution < -0.4 is 10.6 Å². The minimum Gasteiger partial charge on any atom is -0.337 e. The molecule has 0 radical (unpaired) electrons. The van der Waals surface area contributed by atoms with Crippen LogP contribution in [0.5, 0.6) is 0 Å². The smallest absolute Gasteiger partial charge is 0.229 e. The van der Waals surface area contributed by atoms with Crippen molar-refractivity contribution in [1.29, 1.82) is 0 Å². The van der Waals surface area contributed by atoms with Crippen LogP contribution in [0.3, 0.4) is 0 Å². The number of aromatic nitrogens is 2. The number of nitrogens with one attached hydrogen (secondary N) is 2. The van der Waals surface area contributed by atoms with Crippen molar-refractivity contribution in [3.8, 4) is 0 Å². The van der Waals surface area contributed by atoms with E-state index in [1.807, 2.05) is 58.0 Å². The van der Waals surface area contributed by atoms with Gasteiger partial charge in [0.2, 0.25) is 5.95 Å². The molecule has 3 rings (SSSR count). The van der Waals surface area contributed by atoms with Crippen molar-refractivity contribution in [2.24, 2.45) is 0 Å². The number of benzene rings is 2. The molecular formula is C20H21FN4.